The number of ether oxygens (including phenoxy) is 3. The highest BCUT2D eigenvalue weighted by molar-refractivity contribution is 5.67. The molecule has 1 aliphatic rings. The van der Waals surface area contributed by atoms with Gasteiger partial charge in [-0.05, 0) is 60.0 Å². The number of halogens is 11. The molecule has 254 valence electrons. The van der Waals surface area contributed by atoms with E-state index in [9.17, 15) is 35.1 Å². The van der Waals surface area contributed by atoms with Crippen LogP contribution in [0.1, 0.15) is 36.3 Å². The molecule has 0 bridgehead atoms. The topological polar surface area (TPSA) is 27.7 Å². The third-order valence-electron chi connectivity index (χ3n) is 7.30. The first-order valence-corrected chi connectivity index (χ1v) is 14.2. The average Bonchev–Trinajstić information content (AvgIpc) is 2.98. The van der Waals surface area contributed by atoms with Gasteiger partial charge in [-0.15, -0.1) is 0 Å². The van der Waals surface area contributed by atoms with Crippen LogP contribution in [-0.4, -0.2) is 13.2 Å². The fourth-order valence-corrected chi connectivity index (χ4v) is 5.06. The summed E-state index contributed by atoms with van der Waals surface area (Å²) in [6.45, 7) is 2.60. The lowest BCUT2D eigenvalue weighted by Gasteiger charge is -2.28. The Balaban J connectivity index is 1.34. The van der Waals surface area contributed by atoms with Crippen LogP contribution in [-0.2, 0) is 21.8 Å². The van der Waals surface area contributed by atoms with Crippen LogP contribution in [0.15, 0.2) is 72.8 Å². The predicted octanol–water partition coefficient (Wildman–Crippen LogP) is 10.6. The number of hydrogen-bond acceptors (Lipinski definition) is 3. The van der Waals surface area contributed by atoms with Crippen molar-refractivity contribution >= 4 is 0 Å². The Hall–Kier alpha value is -4.43. The molecule has 0 unspecified atom stereocenters. The Labute approximate surface area is 266 Å². The van der Waals surface area contributed by atoms with Crippen molar-refractivity contribution in [3.8, 4) is 28.0 Å². The molecule has 3 nitrogen and oxygen atoms in total. The van der Waals surface area contributed by atoms with Crippen molar-refractivity contribution < 1.29 is 62.5 Å². The Morgan fingerprint density at radius 2 is 1.17 bits per heavy atom. The second kappa shape index (κ2) is 13.6. The lowest BCUT2D eigenvalue weighted by molar-refractivity contribution is -0.197. The lowest BCUT2D eigenvalue weighted by atomic mass is 10.00. The molecule has 0 atom stereocenters. The standard InChI is InChI=1S/C34H23F11O3/c1-2-3-4-17-15-46-32(47-16-17)18-5-7-22(24(35)9-18)20-12-28(39)31(29(40)13-20)34(44,45)48-21-6-8-23(25(36)14-21)19-10-26(37)30(27(38)11-19)33(41,42)43/h3-14,17,32H,2,15-16H2,1H3. The molecule has 0 aliphatic carbocycles. The van der Waals surface area contributed by atoms with Crippen LogP contribution in [0.2, 0.25) is 0 Å². The van der Waals surface area contributed by atoms with Gasteiger partial charge < -0.3 is 14.2 Å². The van der Waals surface area contributed by atoms with E-state index in [1.807, 2.05) is 19.1 Å². The first-order valence-electron chi connectivity index (χ1n) is 14.2. The van der Waals surface area contributed by atoms with Gasteiger partial charge in [0, 0.05) is 28.7 Å². The van der Waals surface area contributed by atoms with Crippen LogP contribution in [0, 0.1) is 40.8 Å². The number of alkyl halides is 5. The number of allylic oxidation sites excluding steroid dienone is 1. The zero-order valence-electron chi connectivity index (χ0n) is 24.6. The molecule has 0 saturated carbocycles. The predicted molar refractivity (Wildman–Crippen MR) is 151 cm³/mol. The molecule has 0 N–H and O–H groups in total. The second-order valence-electron chi connectivity index (χ2n) is 10.7. The second-order valence-corrected chi connectivity index (χ2v) is 10.7. The fourth-order valence-electron chi connectivity index (χ4n) is 5.06. The van der Waals surface area contributed by atoms with Crippen molar-refractivity contribution in [2.24, 2.45) is 5.92 Å². The molecule has 1 heterocycles. The van der Waals surface area contributed by atoms with Gasteiger partial charge in [-0.1, -0.05) is 31.2 Å². The van der Waals surface area contributed by atoms with Crippen molar-refractivity contribution in [2.75, 3.05) is 13.2 Å². The van der Waals surface area contributed by atoms with Crippen LogP contribution in [0.5, 0.6) is 5.75 Å². The van der Waals surface area contributed by atoms with Gasteiger partial charge in [-0.2, -0.15) is 22.0 Å². The number of hydrogen-bond donors (Lipinski definition) is 0. The summed E-state index contributed by atoms with van der Waals surface area (Å²) in [6.07, 6.45) is -6.32. The van der Waals surface area contributed by atoms with E-state index < -0.39 is 87.0 Å². The monoisotopic (exact) mass is 688 g/mol. The molecule has 1 fully saturated rings. The van der Waals surface area contributed by atoms with Gasteiger partial charge in [-0.25, -0.2) is 26.3 Å². The maximum atomic E-state index is 15.1. The summed E-state index contributed by atoms with van der Waals surface area (Å²) in [4.78, 5) is 0. The zero-order valence-corrected chi connectivity index (χ0v) is 24.6. The third kappa shape index (κ3) is 7.34. The maximum absolute atomic E-state index is 15.1. The summed E-state index contributed by atoms with van der Waals surface area (Å²) < 4.78 is 172. The molecule has 48 heavy (non-hydrogen) atoms. The third-order valence-corrected chi connectivity index (χ3v) is 7.30. The molecule has 0 spiro atoms. The van der Waals surface area contributed by atoms with Gasteiger partial charge in [0.15, 0.2) is 6.29 Å². The Morgan fingerprint density at radius 1 is 0.667 bits per heavy atom. The van der Waals surface area contributed by atoms with Gasteiger partial charge in [0.1, 0.15) is 51.8 Å². The minimum absolute atomic E-state index is 0.0138. The molecule has 0 amide bonds. The van der Waals surface area contributed by atoms with Gasteiger partial charge in [-0.3, -0.25) is 0 Å². The van der Waals surface area contributed by atoms with Crippen LogP contribution < -0.4 is 4.74 Å². The van der Waals surface area contributed by atoms with Gasteiger partial charge in [0.25, 0.3) is 0 Å². The molecular formula is C34H23F11O3. The summed E-state index contributed by atoms with van der Waals surface area (Å²) in [5.41, 5.74) is -5.99. The van der Waals surface area contributed by atoms with E-state index in [2.05, 4.69) is 4.74 Å². The van der Waals surface area contributed by atoms with E-state index in [0.29, 0.717) is 37.5 Å². The van der Waals surface area contributed by atoms with E-state index in [1.165, 1.54) is 12.1 Å². The SMILES string of the molecule is CCC=CC1COC(c2ccc(-c3cc(F)c(C(F)(F)Oc4ccc(-c5cc(F)c(C(F)(F)F)c(F)c5)c(F)c4)c(F)c3)c(F)c2)OC1. The Bertz CT molecular complexity index is 1800. The van der Waals surface area contributed by atoms with Crippen molar-refractivity contribution in [1.29, 1.82) is 0 Å². The Kier molecular flexibility index (Phi) is 9.88. The summed E-state index contributed by atoms with van der Waals surface area (Å²) in [5.74, 6) is -11.2. The van der Waals surface area contributed by atoms with Gasteiger partial charge >= 0.3 is 12.3 Å². The van der Waals surface area contributed by atoms with Gasteiger partial charge in [0.05, 0.1) is 13.2 Å². The van der Waals surface area contributed by atoms with Crippen molar-refractivity contribution in [2.45, 2.75) is 31.9 Å². The summed E-state index contributed by atoms with van der Waals surface area (Å²) in [7, 11) is 0. The normalized spacial score (nSPS) is 17.2. The van der Waals surface area contributed by atoms with Crippen LogP contribution in [0.25, 0.3) is 22.3 Å². The molecular weight excluding hydrogens is 665 g/mol. The highest BCUT2D eigenvalue weighted by atomic mass is 19.4. The number of benzene rings is 4. The minimum atomic E-state index is -5.38. The van der Waals surface area contributed by atoms with E-state index in [1.54, 1.807) is 0 Å². The van der Waals surface area contributed by atoms with Crippen molar-refractivity contribution in [1.82, 2.24) is 0 Å². The highest BCUT2D eigenvalue weighted by Gasteiger charge is 2.42. The molecule has 0 aromatic heterocycles. The van der Waals surface area contributed by atoms with Crippen LogP contribution >= 0.6 is 0 Å². The largest absolute Gasteiger partial charge is 0.432 e. The summed E-state index contributed by atoms with van der Waals surface area (Å²) >= 11 is 0. The quantitative estimate of drug-likeness (QED) is 0.136. The smallest absolute Gasteiger partial charge is 0.429 e. The molecule has 14 heteroatoms. The molecule has 4 aromatic rings. The molecule has 1 saturated heterocycles. The van der Waals surface area contributed by atoms with E-state index >= 15 is 13.2 Å². The lowest BCUT2D eigenvalue weighted by Crippen LogP contribution is -2.26. The first-order chi connectivity index (χ1) is 22.6. The Morgan fingerprint density at radius 3 is 1.65 bits per heavy atom. The summed E-state index contributed by atoms with van der Waals surface area (Å²) in [5, 5.41) is 0. The van der Waals surface area contributed by atoms with E-state index in [0.717, 1.165) is 12.5 Å². The average molecular weight is 689 g/mol. The van der Waals surface area contributed by atoms with Crippen LogP contribution in [0.3, 0.4) is 0 Å². The minimum Gasteiger partial charge on any atom is -0.429 e. The fraction of sp³-hybridized carbons (Fsp3) is 0.235. The van der Waals surface area contributed by atoms with Gasteiger partial charge in [0.2, 0.25) is 0 Å². The van der Waals surface area contributed by atoms with Crippen molar-refractivity contribution in [3.05, 3.63) is 124 Å². The number of rotatable bonds is 8. The molecule has 0 radical (unpaired) electrons. The molecule has 5 rings (SSSR count). The highest BCUT2D eigenvalue weighted by Crippen LogP contribution is 2.40. The van der Waals surface area contributed by atoms with E-state index in [4.69, 9.17) is 9.47 Å². The van der Waals surface area contributed by atoms with E-state index in [-0.39, 0.29) is 35.2 Å². The maximum Gasteiger partial charge on any atom is 0.432 e. The van der Waals surface area contributed by atoms with Crippen LogP contribution in [0.4, 0.5) is 48.3 Å². The molecule has 4 aromatic carbocycles. The zero-order chi connectivity index (χ0) is 35.0. The molecule has 1 aliphatic heterocycles. The van der Waals surface area contributed by atoms with Crippen molar-refractivity contribution in [3.63, 3.8) is 0 Å². The summed E-state index contributed by atoms with van der Waals surface area (Å²) in [6, 6.07) is 6.45. The first kappa shape index (κ1) is 34.9.